The second-order valence-electron chi connectivity index (χ2n) is 5.85. The third-order valence-corrected chi connectivity index (χ3v) is 4.22. The van der Waals surface area contributed by atoms with Crippen LogP contribution in [-0.2, 0) is 4.79 Å². The van der Waals surface area contributed by atoms with E-state index in [0.29, 0.717) is 26.3 Å². The summed E-state index contributed by atoms with van der Waals surface area (Å²) >= 11 is 6.18. The Labute approximate surface area is 159 Å². The van der Waals surface area contributed by atoms with Crippen molar-refractivity contribution in [2.75, 3.05) is 26.3 Å². The molecule has 3 N–H and O–H groups in total. The van der Waals surface area contributed by atoms with E-state index in [1.807, 2.05) is 67.7 Å². The molecule has 2 aromatic carbocycles. The van der Waals surface area contributed by atoms with E-state index in [2.05, 4.69) is 5.32 Å². The molecular formula is C20H26ClN2O3+. The Morgan fingerprint density at radius 3 is 2.42 bits per heavy atom. The van der Waals surface area contributed by atoms with Crippen molar-refractivity contribution < 1.29 is 19.6 Å². The molecule has 1 amide bonds. The largest absolute Gasteiger partial charge is 0.494 e. The van der Waals surface area contributed by atoms with Gasteiger partial charge in [0.2, 0.25) is 0 Å². The zero-order valence-electron chi connectivity index (χ0n) is 15.2. The summed E-state index contributed by atoms with van der Waals surface area (Å²) in [6, 6.07) is 15.2. The molecule has 0 heterocycles. The number of quaternary nitrogens is 1. The van der Waals surface area contributed by atoms with Crippen molar-refractivity contribution in [2.45, 2.75) is 19.9 Å². The van der Waals surface area contributed by atoms with Gasteiger partial charge in [-0.2, -0.15) is 0 Å². The molecule has 0 saturated heterocycles. The molecule has 5 nitrogen and oxygen atoms in total. The van der Waals surface area contributed by atoms with Gasteiger partial charge >= 0.3 is 0 Å². The first-order valence-corrected chi connectivity index (χ1v) is 9.18. The first-order chi connectivity index (χ1) is 12.6. The molecule has 0 aliphatic rings. The zero-order chi connectivity index (χ0) is 18.8. The van der Waals surface area contributed by atoms with Gasteiger partial charge in [-0.3, -0.25) is 4.79 Å². The van der Waals surface area contributed by atoms with Crippen LogP contribution in [-0.4, -0.2) is 32.2 Å². The molecule has 1 atom stereocenters. The monoisotopic (exact) mass is 377 g/mol. The predicted molar refractivity (Wildman–Crippen MR) is 103 cm³/mol. The van der Waals surface area contributed by atoms with Crippen molar-refractivity contribution in [1.29, 1.82) is 0 Å². The molecule has 2 rings (SSSR count). The minimum Gasteiger partial charge on any atom is -0.494 e. The number of carbonyl (C=O) groups is 1. The summed E-state index contributed by atoms with van der Waals surface area (Å²) in [6.45, 7) is 5.83. The molecule has 0 aliphatic carbocycles. The summed E-state index contributed by atoms with van der Waals surface area (Å²) < 4.78 is 11.0. The van der Waals surface area contributed by atoms with Gasteiger partial charge < -0.3 is 20.1 Å². The SMILES string of the molecule is CCOc1ccc(OCCNC(=O)C[NH2+][C@H](C)c2ccccc2Cl)cc1. The number of benzene rings is 2. The summed E-state index contributed by atoms with van der Waals surface area (Å²) in [4.78, 5) is 11.9. The number of hydrogen-bond donors (Lipinski definition) is 2. The Hall–Kier alpha value is -2.24. The van der Waals surface area contributed by atoms with E-state index in [-0.39, 0.29) is 11.9 Å². The number of amides is 1. The molecule has 0 radical (unpaired) electrons. The Morgan fingerprint density at radius 2 is 1.77 bits per heavy atom. The number of nitrogens with one attached hydrogen (secondary N) is 1. The second-order valence-corrected chi connectivity index (χ2v) is 6.26. The molecular weight excluding hydrogens is 352 g/mol. The lowest BCUT2D eigenvalue weighted by Crippen LogP contribution is -2.87. The van der Waals surface area contributed by atoms with E-state index in [9.17, 15) is 4.79 Å². The summed E-state index contributed by atoms with van der Waals surface area (Å²) in [5.41, 5.74) is 1.03. The van der Waals surface area contributed by atoms with Crippen LogP contribution in [0.2, 0.25) is 5.02 Å². The maximum atomic E-state index is 11.9. The van der Waals surface area contributed by atoms with Gasteiger partial charge in [-0.25, -0.2) is 0 Å². The van der Waals surface area contributed by atoms with E-state index >= 15 is 0 Å². The lowest BCUT2D eigenvalue weighted by Gasteiger charge is -2.13. The summed E-state index contributed by atoms with van der Waals surface area (Å²) in [5.74, 6) is 1.54. The van der Waals surface area contributed by atoms with Crippen molar-refractivity contribution in [2.24, 2.45) is 0 Å². The quantitative estimate of drug-likeness (QED) is 0.625. The van der Waals surface area contributed by atoms with Crippen LogP contribution in [0.4, 0.5) is 0 Å². The van der Waals surface area contributed by atoms with Gasteiger partial charge in [0.15, 0.2) is 6.54 Å². The van der Waals surface area contributed by atoms with Gasteiger partial charge in [0.25, 0.3) is 5.91 Å². The van der Waals surface area contributed by atoms with Gasteiger partial charge in [0.05, 0.1) is 13.2 Å². The Morgan fingerprint density at radius 1 is 1.12 bits per heavy atom. The van der Waals surface area contributed by atoms with Crippen LogP contribution in [0.1, 0.15) is 25.5 Å². The molecule has 0 unspecified atom stereocenters. The molecule has 6 heteroatoms. The molecule has 0 bridgehead atoms. The highest BCUT2D eigenvalue weighted by atomic mass is 35.5. The fourth-order valence-electron chi connectivity index (χ4n) is 2.49. The fraction of sp³-hybridized carbons (Fsp3) is 0.350. The number of hydrogen-bond acceptors (Lipinski definition) is 3. The van der Waals surface area contributed by atoms with Gasteiger partial charge in [-0.1, -0.05) is 29.8 Å². The number of halogens is 1. The number of ether oxygens (including phenoxy) is 2. The van der Waals surface area contributed by atoms with Gasteiger partial charge in [0, 0.05) is 10.6 Å². The van der Waals surface area contributed by atoms with Crippen molar-refractivity contribution in [3.8, 4) is 11.5 Å². The molecule has 0 saturated carbocycles. The van der Waals surface area contributed by atoms with Crippen molar-refractivity contribution >= 4 is 17.5 Å². The normalized spacial score (nSPS) is 11.7. The van der Waals surface area contributed by atoms with Crippen molar-refractivity contribution in [1.82, 2.24) is 5.32 Å². The highest BCUT2D eigenvalue weighted by Crippen LogP contribution is 2.19. The van der Waals surface area contributed by atoms with Crippen LogP contribution < -0.4 is 20.1 Å². The maximum Gasteiger partial charge on any atom is 0.275 e. The summed E-state index contributed by atoms with van der Waals surface area (Å²) in [5, 5.41) is 5.54. The van der Waals surface area contributed by atoms with Crippen molar-refractivity contribution in [3.63, 3.8) is 0 Å². The number of carbonyl (C=O) groups excluding carboxylic acids is 1. The highest BCUT2D eigenvalue weighted by Gasteiger charge is 2.13. The van der Waals surface area contributed by atoms with E-state index < -0.39 is 0 Å². The number of rotatable bonds is 10. The molecule has 0 aromatic heterocycles. The van der Waals surface area contributed by atoms with E-state index in [1.165, 1.54) is 0 Å². The maximum absolute atomic E-state index is 11.9. The summed E-state index contributed by atoms with van der Waals surface area (Å²) in [7, 11) is 0. The topological polar surface area (TPSA) is 64.2 Å². The lowest BCUT2D eigenvalue weighted by atomic mass is 10.1. The first kappa shape index (κ1) is 20.1. The second kappa shape index (κ2) is 10.7. The highest BCUT2D eigenvalue weighted by molar-refractivity contribution is 6.31. The van der Waals surface area contributed by atoms with Gasteiger partial charge in [-0.05, 0) is 44.2 Å². The Bertz CT molecular complexity index is 692. The average molecular weight is 378 g/mol. The summed E-state index contributed by atoms with van der Waals surface area (Å²) in [6.07, 6.45) is 0. The van der Waals surface area contributed by atoms with Crippen LogP contribution in [0, 0.1) is 0 Å². The smallest absolute Gasteiger partial charge is 0.275 e. The van der Waals surface area contributed by atoms with E-state index in [1.54, 1.807) is 0 Å². The predicted octanol–water partition coefficient (Wildman–Crippen LogP) is 2.56. The van der Waals surface area contributed by atoms with Crippen LogP contribution in [0.15, 0.2) is 48.5 Å². The molecule has 2 aromatic rings. The Balaban J connectivity index is 1.63. The third-order valence-electron chi connectivity index (χ3n) is 3.88. The van der Waals surface area contributed by atoms with Crippen LogP contribution >= 0.6 is 11.6 Å². The van der Waals surface area contributed by atoms with Gasteiger partial charge in [-0.15, -0.1) is 0 Å². The van der Waals surface area contributed by atoms with Gasteiger partial charge in [0.1, 0.15) is 24.1 Å². The average Bonchev–Trinajstić information content (AvgIpc) is 2.65. The molecule has 0 aliphatic heterocycles. The molecule has 0 fully saturated rings. The zero-order valence-corrected chi connectivity index (χ0v) is 16.0. The van der Waals surface area contributed by atoms with Crippen LogP contribution in [0.25, 0.3) is 0 Å². The van der Waals surface area contributed by atoms with Crippen LogP contribution in [0.3, 0.4) is 0 Å². The lowest BCUT2D eigenvalue weighted by molar-refractivity contribution is -0.682. The molecule has 26 heavy (non-hydrogen) atoms. The van der Waals surface area contributed by atoms with Crippen molar-refractivity contribution in [3.05, 3.63) is 59.1 Å². The fourth-order valence-corrected chi connectivity index (χ4v) is 2.79. The Kier molecular flexibility index (Phi) is 8.25. The molecule has 0 spiro atoms. The minimum absolute atomic E-state index is 0.0285. The molecule has 140 valence electrons. The van der Waals surface area contributed by atoms with E-state index in [4.69, 9.17) is 21.1 Å². The number of nitrogens with two attached hydrogens (primary N) is 1. The van der Waals surface area contributed by atoms with E-state index in [0.717, 1.165) is 22.1 Å². The standard InChI is InChI=1S/C20H25ClN2O3/c1-3-25-16-8-10-17(11-9-16)26-13-12-22-20(24)14-23-15(2)18-6-4-5-7-19(18)21/h4-11,15,23H,3,12-14H2,1-2H3,(H,22,24)/p+1/t15-/m1/s1. The third kappa shape index (κ3) is 6.58. The van der Waals surface area contributed by atoms with Crippen LogP contribution in [0.5, 0.6) is 11.5 Å². The minimum atomic E-state index is -0.0285. The first-order valence-electron chi connectivity index (χ1n) is 8.80.